The van der Waals surface area contributed by atoms with Gasteiger partial charge >= 0.3 is 5.97 Å². The van der Waals surface area contributed by atoms with Crippen molar-refractivity contribution in [1.82, 2.24) is 4.72 Å². The molecular formula is C36H43ClN2O6S. The summed E-state index contributed by atoms with van der Waals surface area (Å²) in [6.07, 6.45) is 10.0. The van der Waals surface area contributed by atoms with Gasteiger partial charge in [-0.05, 0) is 105 Å². The summed E-state index contributed by atoms with van der Waals surface area (Å²) in [6.45, 7) is 7.29. The topological polar surface area (TPSA) is 102 Å². The van der Waals surface area contributed by atoms with Crippen LogP contribution < -0.4 is 14.4 Å². The van der Waals surface area contributed by atoms with Crippen molar-refractivity contribution in [2.24, 2.45) is 23.7 Å². The molecule has 3 heterocycles. The van der Waals surface area contributed by atoms with Crippen LogP contribution in [0.25, 0.3) is 0 Å². The van der Waals surface area contributed by atoms with Crippen LogP contribution >= 0.6 is 11.6 Å². The highest BCUT2D eigenvalue weighted by atomic mass is 35.5. The Hall–Kier alpha value is -3.04. The molecule has 0 unspecified atom stereocenters. The third-order valence-corrected chi connectivity index (χ3v) is 13.7. The molecular weight excluding hydrogens is 624 g/mol. The van der Waals surface area contributed by atoms with Crippen LogP contribution in [0, 0.1) is 23.7 Å². The highest BCUT2D eigenvalue weighted by Gasteiger charge is 2.55. The fourth-order valence-corrected chi connectivity index (χ4v) is 10.1. The van der Waals surface area contributed by atoms with E-state index in [0.29, 0.717) is 38.3 Å². The number of carbonyl (C=O) groups is 2. The molecule has 1 saturated carbocycles. The van der Waals surface area contributed by atoms with Gasteiger partial charge in [0.2, 0.25) is 10.0 Å². The molecule has 246 valence electrons. The van der Waals surface area contributed by atoms with Gasteiger partial charge in [0.15, 0.2) is 0 Å². The first kappa shape index (κ1) is 31.6. The summed E-state index contributed by atoms with van der Waals surface area (Å²) in [6, 6.07) is 11.4. The Balaban J connectivity index is 1.33. The van der Waals surface area contributed by atoms with Gasteiger partial charge in [-0.25, -0.2) is 13.1 Å². The lowest BCUT2D eigenvalue weighted by atomic mass is 9.62. The Bertz CT molecular complexity index is 1710. The zero-order valence-electron chi connectivity index (χ0n) is 26.8. The van der Waals surface area contributed by atoms with Gasteiger partial charge in [0.1, 0.15) is 11.4 Å². The van der Waals surface area contributed by atoms with E-state index in [9.17, 15) is 18.0 Å². The quantitative estimate of drug-likeness (QED) is 0.264. The smallest absolute Gasteiger partial charge is 0.309 e. The Morgan fingerprint density at radius 2 is 1.89 bits per heavy atom. The van der Waals surface area contributed by atoms with Crippen LogP contribution in [-0.2, 0) is 31.4 Å². The number of hydrogen-bond acceptors (Lipinski definition) is 7. The maximum absolute atomic E-state index is 13.5. The van der Waals surface area contributed by atoms with E-state index < -0.39 is 26.8 Å². The molecule has 2 aromatic carbocycles. The number of hydrogen-bond donors (Lipinski definition) is 1. The third-order valence-electron chi connectivity index (χ3n) is 11.6. The zero-order chi connectivity index (χ0) is 32.4. The lowest BCUT2D eigenvalue weighted by Crippen LogP contribution is -2.52. The van der Waals surface area contributed by atoms with Crippen molar-refractivity contribution in [2.75, 3.05) is 24.6 Å². The molecule has 8 nitrogen and oxygen atoms in total. The molecule has 7 atom stereocenters. The van der Waals surface area contributed by atoms with Crippen molar-refractivity contribution in [3.05, 3.63) is 70.3 Å². The summed E-state index contributed by atoms with van der Waals surface area (Å²) in [4.78, 5) is 28.7. The maximum atomic E-state index is 13.5. The first-order valence-corrected chi connectivity index (χ1v) is 18.6. The molecule has 3 aliphatic heterocycles. The number of fused-ring (bicyclic) bond motifs is 5. The molecule has 2 fully saturated rings. The Morgan fingerprint density at radius 1 is 1.07 bits per heavy atom. The number of ether oxygens (including phenoxy) is 2. The van der Waals surface area contributed by atoms with Gasteiger partial charge in [0.25, 0.3) is 5.91 Å². The summed E-state index contributed by atoms with van der Waals surface area (Å²) >= 11 is 6.43. The number of nitrogens with one attached hydrogen (secondary N) is 1. The highest BCUT2D eigenvalue weighted by Crippen LogP contribution is 2.52. The maximum Gasteiger partial charge on any atom is 0.309 e. The van der Waals surface area contributed by atoms with Crippen LogP contribution in [0.4, 0.5) is 5.69 Å². The Labute approximate surface area is 276 Å². The molecule has 2 bridgehead atoms. The molecule has 0 radical (unpaired) electrons. The standard InChI is InChI=1S/C36H43ClN2O6S/c1-22-6-4-15-36(18-23(2)34(41)45-36)30-11-8-27(30)19-39-20-35(14-5-7-25-16-28(37)10-12-29(25)35)21-44-32-13-9-26(17-31(32)39)33(40)38-46(42,43)24(22)3/h4,9-10,12-13,15-17,22-24,27,30H,5-8,11,14,18-21H2,1-3H3,(H,38,40)/b15-4+/t22-,23-,24+,27-,30+,35-,36+/m0/s1. The van der Waals surface area contributed by atoms with E-state index in [-0.39, 0.29) is 40.6 Å². The van der Waals surface area contributed by atoms with E-state index in [1.807, 2.05) is 32.1 Å². The molecule has 1 amide bonds. The fourth-order valence-electron chi connectivity index (χ4n) is 8.57. The second-order valence-corrected chi connectivity index (χ2v) is 17.0. The molecule has 10 heteroatoms. The minimum Gasteiger partial charge on any atom is -0.490 e. The SMILES string of the molecule is C[C@@H]1[C@@H](C)C/C=C/[C@@]2(C[C@H](C)C(=O)O2)[C@@H]2CC[C@H]2CN2C[C@@]3(CCCc4cc(Cl)ccc43)COc3ccc(cc32)C(=O)NS1(=O)=O. The minimum atomic E-state index is -3.96. The van der Waals surface area contributed by atoms with Crippen molar-refractivity contribution in [3.63, 3.8) is 0 Å². The molecule has 5 aliphatic rings. The van der Waals surface area contributed by atoms with Crippen LogP contribution in [0.3, 0.4) is 0 Å². The van der Waals surface area contributed by atoms with Gasteiger partial charge in [-0.1, -0.05) is 37.6 Å². The molecule has 1 saturated heterocycles. The predicted molar refractivity (Wildman–Crippen MR) is 178 cm³/mol. The zero-order valence-corrected chi connectivity index (χ0v) is 28.3. The third kappa shape index (κ3) is 5.41. The van der Waals surface area contributed by atoms with Crippen molar-refractivity contribution in [3.8, 4) is 5.75 Å². The van der Waals surface area contributed by atoms with Crippen LogP contribution in [0.1, 0.15) is 80.8 Å². The fraction of sp³-hybridized carbons (Fsp3) is 0.556. The first-order valence-electron chi connectivity index (χ1n) is 16.7. The second kappa shape index (κ2) is 11.6. The Kier molecular flexibility index (Phi) is 7.95. The van der Waals surface area contributed by atoms with Crippen LogP contribution in [0.15, 0.2) is 48.6 Å². The lowest BCUT2D eigenvalue weighted by molar-refractivity contribution is -0.154. The van der Waals surface area contributed by atoms with Crippen molar-refractivity contribution < 1.29 is 27.5 Å². The summed E-state index contributed by atoms with van der Waals surface area (Å²) in [5.74, 6) is -0.229. The van der Waals surface area contributed by atoms with Gasteiger partial charge < -0.3 is 14.4 Å². The van der Waals surface area contributed by atoms with Gasteiger partial charge in [0.05, 0.1) is 23.5 Å². The van der Waals surface area contributed by atoms with E-state index in [0.717, 1.165) is 42.8 Å². The number of esters is 1. The van der Waals surface area contributed by atoms with Gasteiger partial charge in [-0.2, -0.15) is 0 Å². The molecule has 7 rings (SSSR count). The number of aryl methyl sites for hydroxylation is 1. The molecule has 2 aliphatic carbocycles. The number of sulfonamides is 1. The predicted octanol–water partition coefficient (Wildman–Crippen LogP) is 6.21. The van der Waals surface area contributed by atoms with E-state index in [1.165, 1.54) is 11.1 Å². The average Bonchev–Trinajstić information content (AvgIpc) is 3.18. The lowest BCUT2D eigenvalue weighted by Gasteiger charge is -2.49. The Morgan fingerprint density at radius 3 is 2.63 bits per heavy atom. The van der Waals surface area contributed by atoms with E-state index in [2.05, 4.69) is 21.8 Å². The van der Waals surface area contributed by atoms with E-state index in [4.69, 9.17) is 21.1 Å². The summed E-state index contributed by atoms with van der Waals surface area (Å²) < 4.78 is 41.9. The molecule has 2 aromatic rings. The number of halogens is 1. The number of nitrogens with zero attached hydrogens (tertiary/aromatic N) is 1. The summed E-state index contributed by atoms with van der Waals surface area (Å²) in [7, 11) is -3.96. The molecule has 0 aromatic heterocycles. The number of benzene rings is 2. The van der Waals surface area contributed by atoms with Crippen LogP contribution in [0.5, 0.6) is 5.75 Å². The number of amides is 1. The van der Waals surface area contributed by atoms with Crippen molar-refractivity contribution in [1.29, 1.82) is 0 Å². The van der Waals surface area contributed by atoms with Crippen molar-refractivity contribution in [2.45, 2.75) is 82.0 Å². The van der Waals surface area contributed by atoms with Gasteiger partial charge in [0, 0.05) is 41.4 Å². The number of anilines is 1. The summed E-state index contributed by atoms with van der Waals surface area (Å²) in [5, 5.41) is -0.0872. The van der Waals surface area contributed by atoms with Gasteiger partial charge in [-0.3, -0.25) is 9.59 Å². The van der Waals surface area contributed by atoms with Gasteiger partial charge in [-0.15, -0.1) is 0 Å². The minimum absolute atomic E-state index is 0.134. The molecule has 46 heavy (non-hydrogen) atoms. The number of rotatable bonds is 0. The van der Waals surface area contributed by atoms with Crippen LogP contribution in [0.2, 0.25) is 5.02 Å². The number of allylic oxidation sites excluding steroid dienone is 1. The average molecular weight is 667 g/mol. The second-order valence-electron chi connectivity index (χ2n) is 14.5. The van der Waals surface area contributed by atoms with E-state index >= 15 is 0 Å². The largest absolute Gasteiger partial charge is 0.490 e. The highest BCUT2D eigenvalue weighted by molar-refractivity contribution is 7.90. The monoisotopic (exact) mass is 666 g/mol. The number of carbonyl (C=O) groups excluding carboxylic acids is 2. The first-order chi connectivity index (χ1) is 21.9. The molecule has 1 N–H and O–H groups in total. The van der Waals surface area contributed by atoms with Crippen LogP contribution in [-0.4, -0.2) is 50.8 Å². The summed E-state index contributed by atoms with van der Waals surface area (Å²) in [5.41, 5.74) is 2.54. The normalized spacial score (nSPS) is 36.0. The van der Waals surface area contributed by atoms with E-state index in [1.54, 1.807) is 25.1 Å². The van der Waals surface area contributed by atoms with Crippen molar-refractivity contribution >= 4 is 39.2 Å². The molecule has 2 spiro atoms.